The number of carbonyl (C=O) groups excluding carboxylic acids is 1. The van der Waals surface area contributed by atoms with Crippen LogP contribution < -0.4 is 0 Å². The Morgan fingerprint density at radius 2 is 1.90 bits per heavy atom. The van der Waals surface area contributed by atoms with Gasteiger partial charge in [0.05, 0.1) is 0 Å². The molecular weight excluding hydrogens is 124 g/mol. The van der Waals surface area contributed by atoms with Gasteiger partial charge in [-0.1, -0.05) is 6.42 Å². The molecule has 0 aliphatic heterocycles. The van der Waals surface area contributed by atoms with E-state index in [-0.39, 0.29) is 0 Å². The van der Waals surface area contributed by atoms with E-state index in [1.54, 1.807) is 0 Å². The standard InChI is InChI=1S/C9H12O/c10-8(6-2-1-3-6)9-4-7(9)5-9/h6-7H,1-5H2. The smallest absolute Gasteiger partial charge is 0.142 e. The van der Waals surface area contributed by atoms with Crippen LogP contribution in [0.3, 0.4) is 0 Å². The second-order valence-electron chi connectivity index (χ2n) is 4.25. The molecule has 54 valence electrons. The third-order valence-corrected chi connectivity index (χ3v) is 3.65. The highest BCUT2D eigenvalue weighted by atomic mass is 16.1. The summed E-state index contributed by atoms with van der Waals surface area (Å²) >= 11 is 0. The quantitative estimate of drug-likeness (QED) is 0.565. The number of Topliss-reactive ketones (excluding diaryl/α,β-unsaturated/α-hetero) is 1. The van der Waals surface area contributed by atoms with Gasteiger partial charge in [-0.15, -0.1) is 0 Å². The normalized spacial score (nSPS) is 49.4. The summed E-state index contributed by atoms with van der Waals surface area (Å²) in [4.78, 5) is 11.6. The van der Waals surface area contributed by atoms with Crippen molar-refractivity contribution in [2.24, 2.45) is 17.3 Å². The van der Waals surface area contributed by atoms with Crippen molar-refractivity contribution in [1.29, 1.82) is 0 Å². The third kappa shape index (κ3) is 0.446. The molecule has 0 radical (unpaired) electrons. The molecular formula is C9H12O. The van der Waals surface area contributed by atoms with Gasteiger partial charge in [-0.3, -0.25) is 4.79 Å². The van der Waals surface area contributed by atoms with Crippen LogP contribution in [0.5, 0.6) is 0 Å². The van der Waals surface area contributed by atoms with E-state index in [9.17, 15) is 4.79 Å². The molecule has 0 aromatic heterocycles. The van der Waals surface area contributed by atoms with Gasteiger partial charge in [0, 0.05) is 11.3 Å². The van der Waals surface area contributed by atoms with Gasteiger partial charge in [0.1, 0.15) is 5.78 Å². The first-order chi connectivity index (χ1) is 4.83. The maximum atomic E-state index is 11.6. The molecule has 0 spiro atoms. The van der Waals surface area contributed by atoms with Crippen molar-refractivity contribution >= 4 is 5.78 Å². The topological polar surface area (TPSA) is 17.1 Å². The van der Waals surface area contributed by atoms with Crippen molar-refractivity contribution < 1.29 is 4.79 Å². The molecule has 3 rings (SSSR count). The summed E-state index contributed by atoms with van der Waals surface area (Å²) in [5.41, 5.74) is 0.311. The predicted octanol–water partition coefficient (Wildman–Crippen LogP) is 1.77. The van der Waals surface area contributed by atoms with E-state index in [0.29, 0.717) is 17.1 Å². The molecule has 0 aromatic carbocycles. The summed E-state index contributed by atoms with van der Waals surface area (Å²) in [6.07, 6.45) is 6.21. The lowest BCUT2D eigenvalue weighted by Crippen LogP contribution is -2.25. The number of fused-ring (bicyclic) bond motifs is 1. The van der Waals surface area contributed by atoms with E-state index in [2.05, 4.69) is 0 Å². The van der Waals surface area contributed by atoms with Crippen molar-refractivity contribution in [1.82, 2.24) is 0 Å². The lowest BCUT2D eigenvalue weighted by Gasteiger charge is -2.24. The van der Waals surface area contributed by atoms with E-state index >= 15 is 0 Å². The van der Waals surface area contributed by atoms with Gasteiger partial charge in [0.15, 0.2) is 0 Å². The molecule has 3 aliphatic rings. The lowest BCUT2D eigenvalue weighted by atomic mass is 9.79. The largest absolute Gasteiger partial charge is 0.299 e. The first-order valence-electron chi connectivity index (χ1n) is 4.37. The van der Waals surface area contributed by atoms with Crippen LogP contribution in [0, 0.1) is 17.3 Å². The molecule has 0 amide bonds. The Bertz CT molecular complexity index is 197. The first-order valence-corrected chi connectivity index (χ1v) is 4.37. The Hall–Kier alpha value is -0.330. The molecule has 3 aliphatic carbocycles. The maximum Gasteiger partial charge on any atom is 0.142 e. The van der Waals surface area contributed by atoms with Crippen molar-refractivity contribution in [3.05, 3.63) is 0 Å². The second kappa shape index (κ2) is 1.32. The summed E-state index contributed by atoms with van der Waals surface area (Å²) in [5.74, 6) is 2.01. The zero-order valence-electron chi connectivity index (χ0n) is 6.10. The Morgan fingerprint density at radius 1 is 1.30 bits per heavy atom. The van der Waals surface area contributed by atoms with Crippen molar-refractivity contribution in [3.63, 3.8) is 0 Å². The van der Waals surface area contributed by atoms with Gasteiger partial charge >= 0.3 is 0 Å². The second-order valence-corrected chi connectivity index (χ2v) is 4.25. The minimum absolute atomic E-state index is 0.311. The lowest BCUT2D eigenvalue weighted by molar-refractivity contribution is -0.128. The molecule has 0 unspecified atom stereocenters. The summed E-state index contributed by atoms with van der Waals surface area (Å²) in [6.45, 7) is 0. The summed E-state index contributed by atoms with van der Waals surface area (Å²) in [5, 5.41) is 0. The minimum atomic E-state index is 0.311. The Labute approximate surface area is 60.8 Å². The fourth-order valence-corrected chi connectivity index (χ4v) is 2.18. The van der Waals surface area contributed by atoms with E-state index in [0.717, 1.165) is 5.92 Å². The highest BCUT2D eigenvalue weighted by Gasteiger charge is 2.74. The number of carbonyl (C=O) groups is 1. The van der Waals surface area contributed by atoms with E-state index in [1.807, 2.05) is 0 Å². The molecule has 0 atom stereocenters. The summed E-state index contributed by atoms with van der Waals surface area (Å²) < 4.78 is 0. The van der Waals surface area contributed by atoms with E-state index in [1.165, 1.54) is 32.1 Å². The van der Waals surface area contributed by atoms with E-state index in [4.69, 9.17) is 0 Å². The number of hydrogen-bond acceptors (Lipinski definition) is 1. The third-order valence-electron chi connectivity index (χ3n) is 3.65. The zero-order chi connectivity index (χ0) is 6.77. The maximum absolute atomic E-state index is 11.6. The highest BCUT2D eigenvalue weighted by Crippen LogP contribution is 2.76. The molecule has 1 heteroatoms. The van der Waals surface area contributed by atoms with Crippen LogP contribution in [0.1, 0.15) is 32.1 Å². The fraction of sp³-hybridized carbons (Fsp3) is 0.889. The van der Waals surface area contributed by atoms with Crippen LogP contribution in [-0.2, 0) is 4.79 Å². The van der Waals surface area contributed by atoms with Gasteiger partial charge in [-0.2, -0.15) is 0 Å². The van der Waals surface area contributed by atoms with Gasteiger partial charge < -0.3 is 0 Å². The average Bonchev–Trinajstić information content (AvgIpc) is 2.37. The van der Waals surface area contributed by atoms with Gasteiger partial charge in [0.25, 0.3) is 0 Å². The molecule has 0 aromatic rings. The molecule has 10 heavy (non-hydrogen) atoms. The van der Waals surface area contributed by atoms with Crippen LogP contribution in [0.25, 0.3) is 0 Å². The van der Waals surface area contributed by atoms with Gasteiger partial charge in [-0.25, -0.2) is 0 Å². The highest BCUT2D eigenvalue weighted by molar-refractivity contribution is 5.94. The zero-order valence-corrected chi connectivity index (χ0v) is 6.10. The fourth-order valence-electron chi connectivity index (χ4n) is 2.18. The van der Waals surface area contributed by atoms with Gasteiger partial charge in [-0.05, 0) is 31.6 Å². The minimum Gasteiger partial charge on any atom is -0.299 e. The molecule has 0 bridgehead atoms. The SMILES string of the molecule is O=C(C1CCC1)C12CC1C2. The average molecular weight is 136 g/mol. The van der Waals surface area contributed by atoms with E-state index < -0.39 is 0 Å². The van der Waals surface area contributed by atoms with Crippen LogP contribution in [0.4, 0.5) is 0 Å². The molecule has 0 saturated heterocycles. The molecule has 1 nitrogen and oxygen atoms in total. The monoisotopic (exact) mass is 136 g/mol. The Kier molecular flexibility index (Phi) is 0.704. The van der Waals surface area contributed by atoms with Crippen molar-refractivity contribution in [2.45, 2.75) is 32.1 Å². The molecule has 0 heterocycles. The first kappa shape index (κ1) is 5.34. The molecule has 3 saturated carbocycles. The molecule has 3 fully saturated rings. The van der Waals surface area contributed by atoms with Crippen LogP contribution >= 0.6 is 0 Å². The Morgan fingerprint density at radius 3 is 2.20 bits per heavy atom. The number of rotatable bonds is 2. The van der Waals surface area contributed by atoms with Crippen LogP contribution in [-0.4, -0.2) is 5.78 Å². The Balaban J connectivity index is 1.75. The van der Waals surface area contributed by atoms with Crippen molar-refractivity contribution in [3.8, 4) is 0 Å². The number of ketones is 1. The van der Waals surface area contributed by atoms with Gasteiger partial charge in [0.2, 0.25) is 0 Å². The van der Waals surface area contributed by atoms with Crippen LogP contribution in [0.15, 0.2) is 0 Å². The number of hydrogen-bond donors (Lipinski definition) is 0. The van der Waals surface area contributed by atoms with Crippen LogP contribution in [0.2, 0.25) is 0 Å². The summed E-state index contributed by atoms with van der Waals surface area (Å²) in [6, 6.07) is 0. The van der Waals surface area contributed by atoms with Crippen molar-refractivity contribution in [2.75, 3.05) is 0 Å². The summed E-state index contributed by atoms with van der Waals surface area (Å²) in [7, 11) is 0. The molecule has 0 N–H and O–H groups in total. The predicted molar refractivity (Wildman–Crippen MR) is 37.5 cm³/mol.